The van der Waals surface area contributed by atoms with Crippen molar-refractivity contribution in [2.75, 3.05) is 0 Å². The SMILES string of the molecule is Cc1cc(Br)ccc1-c1[c-]ccc(=O)n1CC(F)F.[Y]. The van der Waals surface area contributed by atoms with Crippen LogP contribution in [0.5, 0.6) is 0 Å². The zero-order valence-electron chi connectivity index (χ0n) is 10.7. The summed E-state index contributed by atoms with van der Waals surface area (Å²) in [7, 11) is 0. The molecule has 6 heteroatoms. The van der Waals surface area contributed by atoms with Crippen molar-refractivity contribution in [3.05, 3.63) is 56.8 Å². The van der Waals surface area contributed by atoms with Gasteiger partial charge >= 0.3 is 0 Å². The van der Waals surface area contributed by atoms with Gasteiger partial charge in [0, 0.05) is 37.2 Å². The van der Waals surface area contributed by atoms with Gasteiger partial charge in [0.05, 0.1) is 6.54 Å². The maximum atomic E-state index is 12.6. The molecule has 2 nitrogen and oxygen atoms in total. The standard InChI is InChI=1S/C14H11BrF2NO.Y/c1-9-7-10(15)5-6-11(9)12-3-2-4-14(19)18(12)8-13(16)17;/h2,4-7,13H,8H2,1H3;/q-1;. The van der Waals surface area contributed by atoms with Gasteiger partial charge in [0.25, 0.3) is 6.43 Å². The molecular formula is C14H11BrF2NOY-. The van der Waals surface area contributed by atoms with Crippen LogP contribution in [-0.2, 0) is 39.3 Å². The minimum atomic E-state index is -2.58. The van der Waals surface area contributed by atoms with Crippen molar-refractivity contribution in [3.8, 4) is 11.3 Å². The van der Waals surface area contributed by atoms with E-state index < -0.39 is 18.5 Å². The Kier molecular flexibility index (Phi) is 6.69. The maximum Gasteiger partial charge on any atom is 0.256 e. The van der Waals surface area contributed by atoms with Crippen molar-refractivity contribution in [2.24, 2.45) is 0 Å². The molecule has 0 aliphatic rings. The molecule has 0 unspecified atom stereocenters. The fourth-order valence-corrected chi connectivity index (χ4v) is 2.38. The van der Waals surface area contributed by atoms with E-state index in [1.165, 1.54) is 12.1 Å². The average molecular weight is 416 g/mol. The third-order valence-corrected chi connectivity index (χ3v) is 3.24. The Hall–Kier alpha value is -0.386. The second-order valence-corrected chi connectivity index (χ2v) is 5.04. The third-order valence-electron chi connectivity index (χ3n) is 2.75. The van der Waals surface area contributed by atoms with Gasteiger partial charge in [-0.05, 0) is 0 Å². The molecule has 103 valence electrons. The van der Waals surface area contributed by atoms with Crippen LogP contribution in [0.1, 0.15) is 5.56 Å². The fraction of sp³-hybridized carbons (Fsp3) is 0.214. The molecular weight excluding hydrogens is 405 g/mol. The predicted molar refractivity (Wildman–Crippen MR) is 73.4 cm³/mol. The number of pyridine rings is 1. The largest absolute Gasteiger partial charge is 0.337 e. The van der Waals surface area contributed by atoms with E-state index >= 15 is 0 Å². The van der Waals surface area contributed by atoms with Crippen LogP contribution in [0.2, 0.25) is 0 Å². The Bertz CT molecular complexity index is 658. The Labute approximate surface area is 149 Å². The summed E-state index contributed by atoms with van der Waals surface area (Å²) in [5, 5.41) is 0. The van der Waals surface area contributed by atoms with Gasteiger partial charge in [0.2, 0.25) is 0 Å². The van der Waals surface area contributed by atoms with Crippen LogP contribution in [0, 0.1) is 13.0 Å². The van der Waals surface area contributed by atoms with Gasteiger partial charge in [-0.15, -0.1) is 6.07 Å². The van der Waals surface area contributed by atoms with Crippen LogP contribution >= 0.6 is 15.9 Å². The van der Waals surface area contributed by atoms with Gasteiger partial charge < -0.3 is 4.57 Å². The third kappa shape index (κ3) is 4.06. The summed E-state index contributed by atoms with van der Waals surface area (Å²) >= 11 is 3.34. The molecule has 0 spiro atoms. The molecule has 0 bridgehead atoms. The molecule has 0 fully saturated rings. The van der Waals surface area contributed by atoms with Gasteiger partial charge in [-0.2, -0.15) is 12.1 Å². The number of benzene rings is 1. The number of halogens is 3. The molecule has 0 amide bonds. The Morgan fingerprint density at radius 3 is 2.65 bits per heavy atom. The number of nitrogens with zero attached hydrogens (tertiary/aromatic N) is 1. The van der Waals surface area contributed by atoms with Crippen molar-refractivity contribution >= 4 is 15.9 Å². The summed E-state index contributed by atoms with van der Waals surface area (Å²) in [5.74, 6) is 0. The Morgan fingerprint density at radius 2 is 2.05 bits per heavy atom. The van der Waals surface area contributed by atoms with Crippen LogP contribution in [-0.4, -0.2) is 11.0 Å². The summed E-state index contributed by atoms with van der Waals surface area (Å²) in [5.41, 5.74) is 1.55. The second-order valence-electron chi connectivity index (χ2n) is 4.13. The molecule has 0 atom stereocenters. The number of aromatic nitrogens is 1. The van der Waals surface area contributed by atoms with Crippen LogP contribution in [0.15, 0.2) is 39.6 Å². The molecule has 1 radical (unpaired) electrons. The summed E-state index contributed by atoms with van der Waals surface area (Å²) in [4.78, 5) is 11.7. The molecule has 0 saturated carbocycles. The number of hydrogen-bond acceptors (Lipinski definition) is 1. The Morgan fingerprint density at radius 1 is 1.35 bits per heavy atom. The van der Waals surface area contributed by atoms with E-state index in [0.717, 1.165) is 20.2 Å². The number of rotatable bonds is 3. The zero-order valence-corrected chi connectivity index (χ0v) is 15.2. The fourth-order valence-electron chi connectivity index (χ4n) is 1.91. The van der Waals surface area contributed by atoms with Crippen molar-refractivity contribution in [3.63, 3.8) is 0 Å². The van der Waals surface area contributed by atoms with Gasteiger partial charge in [-0.3, -0.25) is 4.79 Å². The van der Waals surface area contributed by atoms with E-state index in [2.05, 4.69) is 22.0 Å². The summed E-state index contributed by atoms with van der Waals surface area (Å²) < 4.78 is 27.1. The number of hydrogen-bond donors (Lipinski definition) is 0. The van der Waals surface area contributed by atoms with E-state index in [-0.39, 0.29) is 32.7 Å². The molecule has 2 rings (SSSR count). The van der Waals surface area contributed by atoms with E-state index in [0.29, 0.717) is 5.69 Å². The summed E-state index contributed by atoms with van der Waals surface area (Å²) in [6.45, 7) is 1.24. The van der Waals surface area contributed by atoms with Gasteiger partial charge in [-0.1, -0.05) is 57.9 Å². The molecule has 1 aromatic heterocycles. The van der Waals surface area contributed by atoms with Crippen molar-refractivity contribution in [2.45, 2.75) is 19.9 Å². The molecule has 0 aliphatic carbocycles. The zero-order chi connectivity index (χ0) is 14.0. The number of alkyl halides is 2. The van der Waals surface area contributed by atoms with Gasteiger partial charge in [0.15, 0.2) is 5.56 Å². The smallest absolute Gasteiger partial charge is 0.256 e. The van der Waals surface area contributed by atoms with E-state index in [1.54, 1.807) is 12.1 Å². The predicted octanol–water partition coefficient (Wildman–Crippen LogP) is 3.65. The van der Waals surface area contributed by atoms with Crippen molar-refractivity contribution in [1.82, 2.24) is 4.57 Å². The maximum absolute atomic E-state index is 12.6. The van der Waals surface area contributed by atoms with Gasteiger partial charge in [0.1, 0.15) is 0 Å². The van der Waals surface area contributed by atoms with Gasteiger partial charge in [-0.25, -0.2) is 8.78 Å². The minimum absolute atomic E-state index is 0. The first-order chi connectivity index (χ1) is 8.99. The first kappa shape index (κ1) is 17.7. The molecule has 2 aromatic rings. The van der Waals surface area contributed by atoms with E-state index in [1.807, 2.05) is 13.0 Å². The van der Waals surface area contributed by atoms with E-state index in [4.69, 9.17) is 0 Å². The first-order valence-electron chi connectivity index (χ1n) is 5.65. The summed E-state index contributed by atoms with van der Waals surface area (Å²) in [6, 6.07) is 11.0. The molecule has 0 aliphatic heterocycles. The molecule has 1 aromatic carbocycles. The second kappa shape index (κ2) is 7.57. The molecule has 0 N–H and O–H groups in total. The van der Waals surface area contributed by atoms with Crippen molar-refractivity contribution < 1.29 is 41.5 Å². The van der Waals surface area contributed by atoms with Crippen LogP contribution in [0.25, 0.3) is 11.3 Å². The van der Waals surface area contributed by atoms with E-state index in [9.17, 15) is 13.6 Å². The quantitative estimate of drug-likeness (QED) is 0.701. The van der Waals surface area contributed by atoms with Crippen LogP contribution in [0.3, 0.4) is 0 Å². The normalized spacial score (nSPS) is 10.4. The number of aryl methyl sites for hydroxylation is 1. The first-order valence-corrected chi connectivity index (χ1v) is 6.44. The molecule has 1 heterocycles. The monoisotopic (exact) mass is 415 g/mol. The molecule has 20 heavy (non-hydrogen) atoms. The van der Waals surface area contributed by atoms with Crippen molar-refractivity contribution in [1.29, 1.82) is 0 Å². The summed E-state index contributed by atoms with van der Waals surface area (Å²) in [6.07, 6.45) is -2.58. The minimum Gasteiger partial charge on any atom is -0.337 e. The molecule has 0 saturated heterocycles. The topological polar surface area (TPSA) is 22.0 Å². The Balaban J connectivity index is 0.00000200. The average Bonchev–Trinajstić information content (AvgIpc) is 2.32. The van der Waals surface area contributed by atoms with Crippen LogP contribution < -0.4 is 5.56 Å². The van der Waals surface area contributed by atoms with Crippen LogP contribution in [0.4, 0.5) is 8.78 Å².